The summed E-state index contributed by atoms with van der Waals surface area (Å²) < 4.78 is 0. The third kappa shape index (κ3) is 5.22. The van der Waals surface area contributed by atoms with Gasteiger partial charge < -0.3 is 5.32 Å². The van der Waals surface area contributed by atoms with Crippen LogP contribution in [0.2, 0.25) is 0 Å². The fourth-order valence-electron chi connectivity index (χ4n) is 3.06. The smallest absolute Gasteiger partial charge is 0.248 e. The molecule has 0 radical (unpaired) electrons. The molecule has 1 fully saturated rings. The van der Waals surface area contributed by atoms with Crippen LogP contribution in [0, 0.1) is 0 Å². The molecule has 1 unspecified atom stereocenters. The van der Waals surface area contributed by atoms with Crippen molar-refractivity contribution in [3.63, 3.8) is 0 Å². The Hall–Kier alpha value is -2.53. The van der Waals surface area contributed by atoms with Gasteiger partial charge in [-0.1, -0.05) is 18.6 Å². The third-order valence-electron chi connectivity index (χ3n) is 4.54. The van der Waals surface area contributed by atoms with Crippen LogP contribution in [0.4, 0.5) is 5.69 Å². The van der Waals surface area contributed by atoms with Crippen LogP contribution in [-0.4, -0.2) is 33.4 Å². The number of nitrogens with zero attached hydrogens (tertiary/aromatic N) is 3. The second kappa shape index (κ2) is 8.53. The first-order chi connectivity index (χ1) is 12.2. The van der Waals surface area contributed by atoms with Crippen molar-refractivity contribution in [2.75, 3.05) is 11.9 Å². The summed E-state index contributed by atoms with van der Waals surface area (Å²) in [5.41, 5.74) is 2.73. The second-order valence-corrected chi connectivity index (χ2v) is 6.47. The lowest BCUT2D eigenvalue weighted by atomic mass is 10.0. The van der Waals surface area contributed by atoms with Gasteiger partial charge in [-0.2, -0.15) is 0 Å². The molecule has 25 heavy (non-hydrogen) atoms. The first kappa shape index (κ1) is 17.3. The van der Waals surface area contributed by atoms with Gasteiger partial charge in [0.1, 0.15) is 0 Å². The second-order valence-electron chi connectivity index (χ2n) is 6.47. The van der Waals surface area contributed by atoms with E-state index in [0.717, 1.165) is 12.2 Å². The van der Waals surface area contributed by atoms with Crippen LogP contribution in [0.25, 0.3) is 6.08 Å². The molecule has 1 N–H and O–H groups in total. The SMILES string of the molecule is CC1CCCCN1Cc1ccc(NC(=O)/C=C/c2cnccn2)cc1. The van der Waals surface area contributed by atoms with Crippen molar-refractivity contribution < 1.29 is 4.79 Å². The molecule has 1 aliphatic rings. The van der Waals surface area contributed by atoms with Crippen LogP contribution in [0.15, 0.2) is 48.9 Å². The van der Waals surface area contributed by atoms with E-state index in [-0.39, 0.29) is 5.91 Å². The summed E-state index contributed by atoms with van der Waals surface area (Å²) in [6.07, 6.45) is 11.8. The van der Waals surface area contributed by atoms with Gasteiger partial charge in [-0.25, -0.2) is 0 Å². The van der Waals surface area contributed by atoms with E-state index in [4.69, 9.17) is 0 Å². The summed E-state index contributed by atoms with van der Waals surface area (Å²) in [6, 6.07) is 8.74. The third-order valence-corrected chi connectivity index (χ3v) is 4.54. The maximum absolute atomic E-state index is 12.0. The van der Waals surface area contributed by atoms with Crippen LogP contribution >= 0.6 is 0 Å². The maximum atomic E-state index is 12.0. The zero-order chi connectivity index (χ0) is 17.5. The molecule has 1 amide bonds. The fraction of sp³-hybridized carbons (Fsp3) is 0.350. The highest BCUT2D eigenvalue weighted by Gasteiger charge is 2.17. The summed E-state index contributed by atoms with van der Waals surface area (Å²) in [7, 11) is 0. The molecule has 0 saturated carbocycles. The van der Waals surface area contributed by atoms with Crippen molar-refractivity contribution in [1.29, 1.82) is 0 Å². The van der Waals surface area contributed by atoms with Gasteiger partial charge in [0.2, 0.25) is 5.91 Å². The zero-order valence-electron chi connectivity index (χ0n) is 14.6. The summed E-state index contributed by atoms with van der Waals surface area (Å²) >= 11 is 0. The van der Waals surface area contributed by atoms with Crippen molar-refractivity contribution in [3.05, 3.63) is 60.2 Å². The Balaban J connectivity index is 1.53. The molecule has 1 aromatic heterocycles. The number of amides is 1. The first-order valence-corrected chi connectivity index (χ1v) is 8.79. The highest BCUT2D eigenvalue weighted by atomic mass is 16.1. The van der Waals surface area contributed by atoms with Gasteiger partial charge in [0.05, 0.1) is 11.9 Å². The minimum atomic E-state index is -0.178. The number of carbonyl (C=O) groups excluding carboxylic acids is 1. The van der Waals surface area contributed by atoms with E-state index >= 15 is 0 Å². The number of benzene rings is 1. The van der Waals surface area contributed by atoms with Crippen molar-refractivity contribution in [3.8, 4) is 0 Å². The van der Waals surface area contributed by atoms with Crippen molar-refractivity contribution >= 4 is 17.7 Å². The number of nitrogens with one attached hydrogen (secondary N) is 1. The molecule has 0 aliphatic carbocycles. The van der Waals surface area contributed by atoms with Crippen molar-refractivity contribution in [2.45, 2.75) is 38.8 Å². The van der Waals surface area contributed by atoms with Gasteiger partial charge >= 0.3 is 0 Å². The normalized spacial score (nSPS) is 18.4. The number of likely N-dealkylation sites (tertiary alicyclic amines) is 1. The Labute approximate surface area is 148 Å². The van der Waals surface area contributed by atoms with Crippen LogP contribution in [0.1, 0.15) is 37.4 Å². The minimum absolute atomic E-state index is 0.178. The molecule has 1 atom stereocenters. The lowest BCUT2D eigenvalue weighted by Crippen LogP contribution is -2.36. The monoisotopic (exact) mass is 336 g/mol. The Morgan fingerprint density at radius 2 is 2.12 bits per heavy atom. The Bertz CT molecular complexity index is 712. The Morgan fingerprint density at radius 3 is 2.84 bits per heavy atom. The quantitative estimate of drug-likeness (QED) is 0.849. The van der Waals surface area contributed by atoms with Gasteiger partial charge in [0, 0.05) is 36.7 Å². The van der Waals surface area contributed by atoms with Crippen molar-refractivity contribution in [2.24, 2.45) is 0 Å². The number of aromatic nitrogens is 2. The van der Waals surface area contributed by atoms with Crippen molar-refractivity contribution in [1.82, 2.24) is 14.9 Å². The molecule has 1 aromatic carbocycles. The van der Waals surface area contributed by atoms with E-state index in [9.17, 15) is 4.79 Å². The predicted octanol–water partition coefficient (Wildman–Crippen LogP) is 3.50. The van der Waals surface area contributed by atoms with Gasteiger partial charge in [0.15, 0.2) is 0 Å². The summed E-state index contributed by atoms with van der Waals surface area (Å²) in [5, 5.41) is 2.86. The van der Waals surface area contributed by atoms with Crippen LogP contribution in [0.3, 0.4) is 0 Å². The lowest BCUT2D eigenvalue weighted by molar-refractivity contribution is -0.111. The molecule has 130 valence electrons. The van der Waals surface area contributed by atoms with Gasteiger partial charge in [-0.15, -0.1) is 0 Å². The molecule has 1 saturated heterocycles. The summed E-state index contributed by atoms with van der Waals surface area (Å²) in [4.78, 5) is 22.6. The first-order valence-electron chi connectivity index (χ1n) is 8.79. The largest absolute Gasteiger partial charge is 0.323 e. The number of piperidine rings is 1. The maximum Gasteiger partial charge on any atom is 0.248 e. The molecule has 5 heteroatoms. The van der Waals surface area contributed by atoms with E-state index in [1.165, 1.54) is 37.4 Å². The van der Waals surface area contributed by atoms with Gasteiger partial charge in [-0.3, -0.25) is 19.7 Å². The van der Waals surface area contributed by atoms with E-state index in [1.807, 2.05) is 12.1 Å². The molecule has 2 aromatic rings. The molecule has 5 nitrogen and oxygen atoms in total. The van der Waals surface area contributed by atoms with Gasteiger partial charge in [0.25, 0.3) is 0 Å². The standard InChI is InChI=1S/C20H24N4O/c1-16-4-2-3-13-24(16)15-17-5-7-18(8-6-17)23-20(25)10-9-19-14-21-11-12-22-19/h5-12,14,16H,2-4,13,15H2,1H3,(H,23,25)/b10-9+. The number of carbonyl (C=O) groups is 1. The Morgan fingerprint density at radius 1 is 1.28 bits per heavy atom. The van der Waals surface area contributed by atoms with Gasteiger partial charge in [-0.05, 0) is 50.1 Å². The molecule has 0 spiro atoms. The minimum Gasteiger partial charge on any atom is -0.323 e. The predicted molar refractivity (Wildman–Crippen MR) is 99.9 cm³/mol. The average Bonchev–Trinajstić information content (AvgIpc) is 2.64. The van der Waals surface area contributed by atoms with Crippen LogP contribution in [-0.2, 0) is 11.3 Å². The van der Waals surface area contributed by atoms with Crippen LogP contribution < -0.4 is 5.32 Å². The average molecular weight is 336 g/mol. The molecular formula is C20H24N4O. The summed E-state index contributed by atoms with van der Waals surface area (Å²) in [6.45, 7) is 4.45. The van der Waals surface area contributed by atoms with E-state index in [1.54, 1.807) is 24.7 Å². The van der Waals surface area contributed by atoms with E-state index < -0.39 is 0 Å². The number of anilines is 1. The highest BCUT2D eigenvalue weighted by molar-refractivity contribution is 6.01. The number of hydrogen-bond acceptors (Lipinski definition) is 4. The topological polar surface area (TPSA) is 58.1 Å². The molecule has 3 rings (SSSR count). The van der Waals surface area contributed by atoms with E-state index in [0.29, 0.717) is 11.7 Å². The van der Waals surface area contributed by atoms with Crippen LogP contribution in [0.5, 0.6) is 0 Å². The Kier molecular flexibility index (Phi) is 5.90. The highest BCUT2D eigenvalue weighted by Crippen LogP contribution is 2.20. The number of rotatable bonds is 5. The zero-order valence-corrected chi connectivity index (χ0v) is 14.6. The molecule has 0 bridgehead atoms. The summed E-state index contributed by atoms with van der Waals surface area (Å²) in [5.74, 6) is -0.178. The lowest BCUT2D eigenvalue weighted by Gasteiger charge is -2.33. The molecule has 2 heterocycles. The number of hydrogen-bond donors (Lipinski definition) is 1. The van der Waals surface area contributed by atoms with E-state index in [2.05, 4.69) is 39.2 Å². The molecule has 1 aliphatic heterocycles. The molecular weight excluding hydrogens is 312 g/mol. The fourth-order valence-corrected chi connectivity index (χ4v) is 3.06.